The van der Waals surface area contributed by atoms with Crippen LogP contribution in [0.5, 0.6) is 11.6 Å². The number of halogens is 5. The minimum Gasteiger partial charge on any atom is -0.435 e. The van der Waals surface area contributed by atoms with Crippen LogP contribution in [-0.4, -0.2) is 35.0 Å². The number of benzene rings is 1. The molecule has 2 heterocycles. The van der Waals surface area contributed by atoms with Crippen molar-refractivity contribution in [3.8, 4) is 22.9 Å². The Bertz CT molecular complexity index is 1350. The largest absolute Gasteiger partial charge is 0.435 e. The number of hydrogen-bond donors (Lipinski definition) is 2. The van der Waals surface area contributed by atoms with E-state index in [-0.39, 0.29) is 23.1 Å². The number of nitrogen functional groups attached to an aromatic ring is 1. The molecule has 0 atom stereocenters. The summed E-state index contributed by atoms with van der Waals surface area (Å²) in [5, 5.41) is 0. The first-order valence-electron chi connectivity index (χ1n) is 9.72. The van der Waals surface area contributed by atoms with Gasteiger partial charge in [-0.25, -0.2) is 40.9 Å². The number of nitrogens with two attached hydrogens (primary N) is 1. The molecule has 0 bridgehead atoms. The highest BCUT2D eigenvalue weighted by molar-refractivity contribution is 7.92. The lowest BCUT2D eigenvalue weighted by atomic mass is 9.83. The topological polar surface area (TPSA) is 120 Å². The summed E-state index contributed by atoms with van der Waals surface area (Å²) in [4.78, 5) is 11.6. The van der Waals surface area contributed by atoms with Crippen molar-refractivity contribution in [1.82, 2.24) is 15.0 Å². The number of rotatable bonds is 7. The van der Waals surface area contributed by atoms with Crippen molar-refractivity contribution in [3.05, 3.63) is 54.1 Å². The monoisotopic (exact) mass is 501 g/mol. The first kappa shape index (κ1) is 23.6. The summed E-state index contributed by atoms with van der Waals surface area (Å²) in [6.45, 7) is 0. The number of alkyl halides is 2. The molecule has 0 spiro atoms. The molecule has 2 aromatic heterocycles. The molecule has 3 aromatic rings. The van der Waals surface area contributed by atoms with Gasteiger partial charge in [-0.05, 0) is 24.1 Å². The zero-order valence-corrected chi connectivity index (χ0v) is 17.9. The van der Waals surface area contributed by atoms with Crippen LogP contribution in [-0.2, 0) is 10.0 Å². The molecule has 0 amide bonds. The molecule has 0 aliphatic heterocycles. The molecule has 180 valence electrons. The Morgan fingerprint density at radius 1 is 1.12 bits per heavy atom. The number of nitrogens with zero attached hydrogens (tertiary/aromatic N) is 3. The van der Waals surface area contributed by atoms with E-state index in [2.05, 4.69) is 15.0 Å². The van der Waals surface area contributed by atoms with Crippen molar-refractivity contribution in [3.63, 3.8) is 0 Å². The summed E-state index contributed by atoms with van der Waals surface area (Å²) in [6.07, 6.45) is 1.30. The van der Waals surface area contributed by atoms with E-state index < -0.39 is 69.3 Å². The Morgan fingerprint density at radius 3 is 2.53 bits per heavy atom. The van der Waals surface area contributed by atoms with Crippen LogP contribution >= 0.6 is 0 Å². The minimum atomic E-state index is -4.43. The number of sulfonamides is 1. The minimum absolute atomic E-state index is 0.0715. The number of aromatic nitrogens is 3. The van der Waals surface area contributed by atoms with Gasteiger partial charge in [-0.15, -0.1) is 0 Å². The van der Waals surface area contributed by atoms with Gasteiger partial charge in [-0.2, -0.15) is 4.39 Å². The Balaban J connectivity index is 1.59. The second-order valence-electron chi connectivity index (χ2n) is 7.63. The fraction of sp³-hybridized carbons (Fsp3) is 0.250. The second kappa shape index (κ2) is 8.66. The number of anilines is 2. The Labute approximate surface area is 190 Å². The second-order valence-corrected chi connectivity index (χ2v) is 9.40. The third-order valence-corrected chi connectivity index (χ3v) is 6.37. The van der Waals surface area contributed by atoms with E-state index in [0.29, 0.717) is 6.07 Å². The lowest BCUT2D eigenvalue weighted by molar-refractivity contribution is -0.103. The zero-order chi connectivity index (χ0) is 24.7. The van der Waals surface area contributed by atoms with Gasteiger partial charge in [-0.1, -0.05) is 0 Å². The van der Waals surface area contributed by atoms with Gasteiger partial charge in [0.05, 0.1) is 17.0 Å². The van der Waals surface area contributed by atoms with Crippen LogP contribution < -0.4 is 15.2 Å². The molecular formula is C20H16F5N5O3S. The third kappa shape index (κ3) is 5.00. The highest BCUT2D eigenvalue weighted by Gasteiger charge is 2.46. The summed E-state index contributed by atoms with van der Waals surface area (Å²) >= 11 is 0. The van der Waals surface area contributed by atoms with E-state index in [9.17, 15) is 30.4 Å². The molecule has 4 rings (SSSR count). The van der Waals surface area contributed by atoms with Gasteiger partial charge in [0.15, 0.2) is 17.4 Å². The summed E-state index contributed by atoms with van der Waals surface area (Å²) in [5.41, 5.74) is 4.70. The predicted molar refractivity (Wildman–Crippen MR) is 111 cm³/mol. The van der Waals surface area contributed by atoms with Crippen molar-refractivity contribution in [2.45, 2.75) is 18.8 Å². The Hall–Kier alpha value is -3.55. The molecule has 0 unspecified atom stereocenters. The first-order chi connectivity index (χ1) is 15.9. The molecule has 8 nitrogen and oxygen atoms in total. The fourth-order valence-electron chi connectivity index (χ4n) is 3.45. The summed E-state index contributed by atoms with van der Waals surface area (Å²) in [6, 6.07) is 4.88. The maximum atomic E-state index is 14.7. The molecular weight excluding hydrogens is 485 g/mol. The van der Waals surface area contributed by atoms with Crippen molar-refractivity contribution >= 4 is 21.7 Å². The summed E-state index contributed by atoms with van der Waals surface area (Å²) in [5.74, 6) is -11.0. The van der Waals surface area contributed by atoms with Crippen molar-refractivity contribution in [1.29, 1.82) is 0 Å². The van der Waals surface area contributed by atoms with Crippen LogP contribution in [0.1, 0.15) is 12.8 Å². The molecule has 14 heteroatoms. The van der Waals surface area contributed by atoms with Crippen LogP contribution in [0.2, 0.25) is 0 Å². The first-order valence-corrected chi connectivity index (χ1v) is 11.4. The number of ether oxygens (including phenoxy) is 1. The number of hydrogen-bond acceptors (Lipinski definition) is 7. The van der Waals surface area contributed by atoms with Gasteiger partial charge < -0.3 is 10.5 Å². The normalized spacial score (nSPS) is 15.6. The SMILES string of the molecule is Nc1nccc(-c2cccnc2Oc2cc(F)c(NS(=O)(=O)CC3CC(F)(F)C3)c(F)c2F)n1. The third-order valence-electron chi connectivity index (χ3n) is 4.94. The maximum absolute atomic E-state index is 14.7. The van der Waals surface area contributed by atoms with Crippen LogP contribution in [0, 0.1) is 23.4 Å². The molecule has 3 N–H and O–H groups in total. The fourth-order valence-corrected chi connectivity index (χ4v) is 4.88. The van der Waals surface area contributed by atoms with E-state index in [1.807, 2.05) is 0 Å². The van der Waals surface area contributed by atoms with Crippen LogP contribution in [0.15, 0.2) is 36.7 Å². The molecule has 1 saturated carbocycles. The van der Waals surface area contributed by atoms with E-state index in [1.165, 1.54) is 30.6 Å². The summed E-state index contributed by atoms with van der Waals surface area (Å²) in [7, 11) is -4.43. The molecule has 1 aliphatic rings. The van der Waals surface area contributed by atoms with Crippen LogP contribution in [0.25, 0.3) is 11.3 Å². The van der Waals surface area contributed by atoms with Crippen molar-refractivity contribution < 1.29 is 35.1 Å². The van der Waals surface area contributed by atoms with Crippen LogP contribution in [0.4, 0.5) is 33.6 Å². The van der Waals surface area contributed by atoms with E-state index in [4.69, 9.17) is 10.5 Å². The predicted octanol–water partition coefficient (Wildman–Crippen LogP) is 4.12. The highest BCUT2D eigenvalue weighted by Crippen LogP contribution is 2.43. The van der Waals surface area contributed by atoms with Gasteiger partial charge in [0.25, 0.3) is 0 Å². The molecule has 1 aliphatic carbocycles. The van der Waals surface area contributed by atoms with Crippen molar-refractivity contribution in [2.75, 3.05) is 16.2 Å². The van der Waals surface area contributed by atoms with Crippen molar-refractivity contribution in [2.24, 2.45) is 5.92 Å². The Kier molecular flexibility index (Phi) is 6.02. The average molecular weight is 501 g/mol. The Morgan fingerprint density at radius 2 is 1.85 bits per heavy atom. The standard InChI is InChI=1S/C20H16F5N5O3S/c21-12-6-14(33-18-11(2-1-4-27-18)13-3-5-28-19(26)29-13)15(22)16(23)17(12)30-34(31,32)9-10-7-20(24,25)8-10/h1-6,10,30H,7-9H2,(H2,26,28,29). The quantitative estimate of drug-likeness (QED) is 0.369. The van der Waals surface area contributed by atoms with Crippen LogP contribution in [0.3, 0.4) is 0 Å². The average Bonchev–Trinajstić information content (AvgIpc) is 2.74. The van der Waals surface area contributed by atoms with Gasteiger partial charge in [0, 0.05) is 31.3 Å². The summed E-state index contributed by atoms with van der Waals surface area (Å²) < 4.78 is 101. The number of nitrogens with one attached hydrogen (secondary N) is 1. The lowest BCUT2D eigenvalue weighted by Gasteiger charge is -2.34. The van der Waals surface area contributed by atoms with E-state index in [0.717, 1.165) is 0 Å². The zero-order valence-electron chi connectivity index (χ0n) is 17.1. The lowest BCUT2D eigenvalue weighted by Crippen LogP contribution is -2.40. The maximum Gasteiger partial charge on any atom is 0.248 e. The smallest absolute Gasteiger partial charge is 0.248 e. The molecule has 1 aromatic carbocycles. The van der Waals surface area contributed by atoms with E-state index in [1.54, 1.807) is 4.72 Å². The van der Waals surface area contributed by atoms with Gasteiger partial charge >= 0.3 is 0 Å². The molecule has 1 fully saturated rings. The molecule has 34 heavy (non-hydrogen) atoms. The molecule has 0 saturated heterocycles. The van der Waals surface area contributed by atoms with Gasteiger partial charge in [0.1, 0.15) is 5.69 Å². The molecule has 0 radical (unpaired) electrons. The van der Waals surface area contributed by atoms with Gasteiger partial charge in [0.2, 0.25) is 33.6 Å². The van der Waals surface area contributed by atoms with Gasteiger partial charge in [-0.3, -0.25) is 4.72 Å². The van der Waals surface area contributed by atoms with E-state index >= 15 is 0 Å². The highest BCUT2D eigenvalue weighted by atomic mass is 32.2. The number of pyridine rings is 1.